The summed E-state index contributed by atoms with van der Waals surface area (Å²) in [5.74, 6) is 1.71. The number of pyridine rings is 1. The number of benzene rings is 10. The van der Waals surface area contributed by atoms with Crippen LogP contribution in [0, 0.1) is 6.07 Å². The molecule has 0 spiro atoms. The van der Waals surface area contributed by atoms with E-state index in [0.29, 0.717) is 17.5 Å². The van der Waals surface area contributed by atoms with Crippen LogP contribution in [-0.4, -0.2) is 19.9 Å². The summed E-state index contributed by atoms with van der Waals surface area (Å²) in [6.45, 7) is 0. The zero-order valence-corrected chi connectivity index (χ0v) is 40.8. The first-order valence-electron chi connectivity index (χ1n) is 23.5. The van der Waals surface area contributed by atoms with Crippen molar-refractivity contribution in [1.82, 2.24) is 19.9 Å². The van der Waals surface area contributed by atoms with Crippen molar-refractivity contribution >= 4 is 10.8 Å². The predicted molar refractivity (Wildman–Crippen MR) is 288 cm³/mol. The van der Waals surface area contributed by atoms with E-state index >= 15 is 0 Å². The van der Waals surface area contributed by atoms with Crippen LogP contribution in [0.4, 0.5) is 0 Å². The molecule has 4 nitrogen and oxygen atoms in total. The average Bonchev–Trinajstić information content (AvgIpc) is 3.45. The molecule has 2 aromatic heterocycles. The third kappa shape index (κ3) is 9.66. The van der Waals surface area contributed by atoms with Gasteiger partial charge in [-0.25, -0.2) is 15.0 Å². The maximum absolute atomic E-state index is 5.30. The number of nitrogens with zero attached hydrogens (tertiary/aromatic N) is 4. The van der Waals surface area contributed by atoms with Gasteiger partial charge in [0.15, 0.2) is 11.6 Å². The zero-order chi connectivity index (χ0) is 46.6. The Labute approximate surface area is 427 Å². The summed E-state index contributed by atoms with van der Waals surface area (Å²) in [5, 5.41) is 2.20. The number of hydrogen-bond acceptors (Lipinski definition) is 4. The fraction of sp³-hybridized carbons (Fsp3) is 0. The summed E-state index contributed by atoms with van der Waals surface area (Å²) in [7, 11) is 0. The fourth-order valence-corrected chi connectivity index (χ4v) is 9.20. The van der Waals surface area contributed by atoms with Crippen LogP contribution in [0.1, 0.15) is 0 Å². The molecule has 0 atom stereocenters. The zero-order valence-electron chi connectivity index (χ0n) is 38.4. The van der Waals surface area contributed by atoms with Crippen molar-refractivity contribution in [3.63, 3.8) is 0 Å². The van der Waals surface area contributed by atoms with Crippen molar-refractivity contribution in [3.8, 4) is 112 Å². The third-order valence-corrected chi connectivity index (χ3v) is 12.8. The van der Waals surface area contributed by atoms with Gasteiger partial charge in [-0.2, -0.15) is 0 Å². The predicted octanol–water partition coefficient (Wildman–Crippen LogP) is 16.9. The molecule has 71 heavy (non-hydrogen) atoms. The number of rotatable bonds is 10. The SMILES string of the molecule is [Ir].[c-]1ccc(-c2nc(-c3cccc(-c4cc(-c5ccccc5)cc(-c5ccccc5)c4)c3)nc(-c3cccc(-c4cc(-c5ccccc5)cc(-c5ccccc5)c4)c3)n2)cc1-c1cc2ccccc2cn1. The standard InChI is InChI=1S/C66H43N4.Ir/c1-5-18-45(19-6-1)57-37-58(46-20-7-2-8-21-46)40-61(39-57)49-28-15-31-53(34-49)64-68-65(70-66(69-64)55-33-17-30-52(36-55)63-43-51-26-13-14-27-56(51)44-67-63)54-32-16-29-50(35-54)62-41-59(47-22-9-3-10-23-47)38-60(42-62)48-24-11-4-12-25-48;/h1-29,31-44H;/q-1;. The Kier molecular flexibility index (Phi) is 12.7. The summed E-state index contributed by atoms with van der Waals surface area (Å²) in [6, 6.07) is 92.8. The van der Waals surface area contributed by atoms with Gasteiger partial charge in [-0.05, 0) is 132 Å². The molecular formula is C66H43IrN4-. The van der Waals surface area contributed by atoms with E-state index in [4.69, 9.17) is 19.9 Å². The molecule has 10 aromatic carbocycles. The Balaban J connectivity index is 0.00000547. The van der Waals surface area contributed by atoms with Crippen LogP contribution in [0.3, 0.4) is 0 Å². The monoisotopic (exact) mass is 1080 g/mol. The maximum Gasteiger partial charge on any atom is 0.164 e. The topological polar surface area (TPSA) is 51.6 Å². The molecule has 5 heteroatoms. The maximum atomic E-state index is 5.30. The first-order chi connectivity index (χ1) is 34.6. The first kappa shape index (κ1) is 44.8. The van der Waals surface area contributed by atoms with Gasteiger partial charge in [-0.15, -0.1) is 29.8 Å². The molecule has 0 bridgehead atoms. The Bertz CT molecular complexity index is 3520. The molecule has 0 amide bonds. The van der Waals surface area contributed by atoms with E-state index < -0.39 is 0 Å². The quantitative estimate of drug-likeness (QED) is 0.128. The van der Waals surface area contributed by atoms with Crippen molar-refractivity contribution in [3.05, 3.63) is 267 Å². The van der Waals surface area contributed by atoms with Crippen LogP contribution in [-0.2, 0) is 20.1 Å². The molecule has 12 rings (SSSR count). The van der Waals surface area contributed by atoms with E-state index in [0.717, 1.165) is 105 Å². The molecule has 12 aromatic rings. The van der Waals surface area contributed by atoms with Gasteiger partial charge in [-0.1, -0.05) is 194 Å². The van der Waals surface area contributed by atoms with E-state index in [-0.39, 0.29) is 20.1 Å². The molecule has 0 aliphatic rings. The molecule has 0 fully saturated rings. The van der Waals surface area contributed by atoms with Crippen molar-refractivity contribution < 1.29 is 20.1 Å². The number of fused-ring (bicyclic) bond motifs is 1. The van der Waals surface area contributed by atoms with E-state index in [2.05, 4.69) is 243 Å². The second-order valence-electron chi connectivity index (χ2n) is 17.4. The van der Waals surface area contributed by atoms with Crippen molar-refractivity contribution in [2.75, 3.05) is 0 Å². The van der Waals surface area contributed by atoms with E-state index in [1.807, 2.05) is 24.4 Å². The molecule has 0 saturated carbocycles. The van der Waals surface area contributed by atoms with Gasteiger partial charge in [0, 0.05) is 37.4 Å². The smallest absolute Gasteiger partial charge is 0.164 e. The van der Waals surface area contributed by atoms with E-state index in [1.54, 1.807) is 0 Å². The number of hydrogen-bond donors (Lipinski definition) is 0. The summed E-state index contributed by atoms with van der Waals surface area (Å²) >= 11 is 0. The molecule has 0 N–H and O–H groups in total. The Morgan fingerprint density at radius 1 is 0.254 bits per heavy atom. The Morgan fingerprint density at radius 2 is 0.577 bits per heavy atom. The molecule has 2 heterocycles. The van der Waals surface area contributed by atoms with Crippen molar-refractivity contribution in [2.24, 2.45) is 0 Å². The molecular weight excluding hydrogens is 1040 g/mol. The van der Waals surface area contributed by atoms with Crippen LogP contribution in [0.25, 0.3) is 123 Å². The van der Waals surface area contributed by atoms with Gasteiger partial charge in [0.25, 0.3) is 0 Å². The van der Waals surface area contributed by atoms with Gasteiger partial charge < -0.3 is 4.98 Å². The van der Waals surface area contributed by atoms with Crippen molar-refractivity contribution in [2.45, 2.75) is 0 Å². The summed E-state index contributed by atoms with van der Waals surface area (Å²) < 4.78 is 0. The molecule has 0 aliphatic heterocycles. The van der Waals surface area contributed by atoms with E-state index in [9.17, 15) is 0 Å². The summed E-state index contributed by atoms with van der Waals surface area (Å²) in [5.41, 5.74) is 17.8. The van der Waals surface area contributed by atoms with Crippen LogP contribution in [0.15, 0.2) is 261 Å². The minimum absolute atomic E-state index is 0. The second-order valence-corrected chi connectivity index (χ2v) is 17.4. The van der Waals surface area contributed by atoms with Gasteiger partial charge in [0.2, 0.25) is 0 Å². The van der Waals surface area contributed by atoms with Crippen LogP contribution in [0.5, 0.6) is 0 Å². The van der Waals surface area contributed by atoms with Gasteiger partial charge in [-0.3, -0.25) is 0 Å². The molecule has 1 radical (unpaired) electrons. The summed E-state index contributed by atoms with van der Waals surface area (Å²) in [4.78, 5) is 20.7. The van der Waals surface area contributed by atoms with Crippen LogP contribution < -0.4 is 0 Å². The summed E-state index contributed by atoms with van der Waals surface area (Å²) in [6.07, 6.45) is 1.92. The Morgan fingerprint density at radius 3 is 1.00 bits per heavy atom. The molecule has 0 unspecified atom stereocenters. The first-order valence-corrected chi connectivity index (χ1v) is 23.5. The Hall–Kier alpha value is -8.73. The average molecular weight is 1080 g/mol. The van der Waals surface area contributed by atoms with Crippen LogP contribution in [0.2, 0.25) is 0 Å². The van der Waals surface area contributed by atoms with Gasteiger partial charge in [0.1, 0.15) is 5.82 Å². The fourth-order valence-electron chi connectivity index (χ4n) is 9.20. The third-order valence-electron chi connectivity index (χ3n) is 12.8. The van der Waals surface area contributed by atoms with Crippen LogP contribution >= 0.6 is 0 Å². The molecule has 0 aliphatic carbocycles. The minimum atomic E-state index is 0. The van der Waals surface area contributed by atoms with Crippen molar-refractivity contribution in [1.29, 1.82) is 0 Å². The normalized spacial score (nSPS) is 11.0. The molecule has 0 saturated heterocycles. The second kappa shape index (κ2) is 20.1. The largest absolute Gasteiger partial charge is 0.304 e. The molecule has 337 valence electrons. The van der Waals surface area contributed by atoms with Gasteiger partial charge in [0.05, 0.1) is 0 Å². The van der Waals surface area contributed by atoms with E-state index in [1.165, 1.54) is 0 Å². The minimum Gasteiger partial charge on any atom is -0.304 e. The number of aromatic nitrogens is 4. The van der Waals surface area contributed by atoms with Gasteiger partial charge >= 0.3 is 0 Å².